The number of fused-ring (bicyclic) bond motifs is 1. The van der Waals surface area contributed by atoms with Crippen LogP contribution in [0.1, 0.15) is 19.3 Å². The lowest BCUT2D eigenvalue weighted by Crippen LogP contribution is -2.36. The van der Waals surface area contributed by atoms with Crippen LogP contribution in [0.5, 0.6) is 0 Å². The van der Waals surface area contributed by atoms with Gasteiger partial charge in [0.25, 0.3) is 0 Å². The molecule has 3 heteroatoms. The zero-order valence-electron chi connectivity index (χ0n) is 8.58. The molecule has 4 atom stereocenters. The summed E-state index contributed by atoms with van der Waals surface area (Å²) in [7, 11) is 0. The summed E-state index contributed by atoms with van der Waals surface area (Å²) in [6.45, 7) is 1.27. The molecule has 1 saturated heterocycles. The molecule has 0 aromatic heterocycles. The van der Waals surface area contributed by atoms with E-state index >= 15 is 0 Å². The van der Waals surface area contributed by atoms with Crippen molar-refractivity contribution < 1.29 is 0 Å². The third kappa shape index (κ3) is 2.10. The highest BCUT2D eigenvalue weighted by atomic mass is 32.2. The molecule has 0 aromatic carbocycles. The zero-order chi connectivity index (χ0) is 9.38. The summed E-state index contributed by atoms with van der Waals surface area (Å²) in [5.41, 5.74) is 0. The molecule has 0 aromatic rings. The lowest BCUT2D eigenvalue weighted by atomic mass is 10.2. The Bertz CT molecular complexity index is 203. The Kier molecular flexibility index (Phi) is 3.00. The van der Waals surface area contributed by atoms with E-state index in [1.807, 2.05) is 0 Å². The Labute approximate surface area is 95.2 Å². The third-order valence-corrected chi connectivity index (χ3v) is 6.68. The van der Waals surface area contributed by atoms with Crippen LogP contribution in [0.15, 0.2) is 0 Å². The number of rotatable bonds is 3. The lowest BCUT2D eigenvalue weighted by Gasteiger charge is -2.23. The molecular formula is C11H19NS2. The Morgan fingerprint density at radius 3 is 2.86 bits per heavy atom. The highest BCUT2D eigenvalue weighted by molar-refractivity contribution is 8.06. The first-order valence-electron chi connectivity index (χ1n) is 5.86. The van der Waals surface area contributed by atoms with E-state index in [1.165, 1.54) is 43.1 Å². The summed E-state index contributed by atoms with van der Waals surface area (Å²) in [6, 6.07) is 0.896. The van der Waals surface area contributed by atoms with E-state index in [0.717, 1.165) is 23.1 Å². The van der Waals surface area contributed by atoms with E-state index in [4.69, 9.17) is 0 Å². The summed E-state index contributed by atoms with van der Waals surface area (Å²) < 4.78 is 0. The second-order valence-electron chi connectivity index (χ2n) is 4.82. The van der Waals surface area contributed by atoms with E-state index in [1.54, 1.807) is 0 Å². The molecule has 3 aliphatic rings. The molecule has 0 bridgehead atoms. The van der Waals surface area contributed by atoms with Crippen LogP contribution in [0.4, 0.5) is 0 Å². The van der Waals surface area contributed by atoms with Crippen molar-refractivity contribution >= 4 is 23.5 Å². The fourth-order valence-corrected chi connectivity index (χ4v) is 5.52. The van der Waals surface area contributed by atoms with Crippen molar-refractivity contribution in [2.75, 3.05) is 23.8 Å². The predicted molar refractivity (Wildman–Crippen MR) is 66.2 cm³/mol. The number of thioether (sulfide) groups is 2. The number of hydrogen-bond acceptors (Lipinski definition) is 3. The standard InChI is InChI=1S/C11H19NS2/c1-2-11(10-5-8(1)10)12-6-9-7-13-3-4-14-9/h8-12H,1-7H2/t8-,9?,10+,11?/m1/s1. The van der Waals surface area contributed by atoms with Crippen LogP contribution in [-0.2, 0) is 0 Å². The quantitative estimate of drug-likeness (QED) is 0.797. The van der Waals surface area contributed by atoms with Crippen LogP contribution in [-0.4, -0.2) is 35.1 Å². The van der Waals surface area contributed by atoms with Gasteiger partial charge in [0.15, 0.2) is 0 Å². The molecule has 1 heterocycles. The average molecular weight is 229 g/mol. The van der Waals surface area contributed by atoms with Crippen molar-refractivity contribution in [3.63, 3.8) is 0 Å². The lowest BCUT2D eigenvalue weighted by molar-refractivity contribution is 0.479. The van der Waals surface area contributed by atoms with E-state index in [2.05, 4.69) is 28.8 Å². The Balaban J connectivity index is 1.40. The maximum absolute atomic E-state index is 3.81. The van der Waals surface area contributed by atoms with Crippen LogP contribution in [0.3, 0.4) is 0 Å². The molecule has 2 saturated carbocycles. The second-order valence-corrected chi connectivity index (χ2v) is 7.38. The number of nitrogens with one attached hydrogen (secondary N) is 1. The van der Waals surface area contributed by atoms with Crippen LogP contribution in [0, 0.1) is 11.8 Å². The van der Waals surface area contributed by atoms with Gasteiger partial charge in [0.05, 0.1) is 0 Å². The maximum Gasteiger partial charge on any atom is 0.0263 e. The molecule has 80 valence electrons. The smallest absolute Gasteiger partial charge is 0.0263 e. The van der Waals surface area contributed by atoms with Crippen molar-refractivity contribution in [3.8, 4) is 0 Å². The van der Waals surface area contributed by atoms with Gasteiger partial charge in [0.1, 0.15) is 0 Å². The normalized spacial score (nSPS) is 46.3. The molecule has 1 nitrogen and oxygen atoms in total. The summed E-state index contributed by atoms with van der Waals surface area (Å²) in [5, 5.41) is 4.70. The fraction of sp³-hybridized carbons (Fsp3) is 1.00. The van der Waals surface area contributed by atoms with Crippen molar-refractivity contribution in [1.29, 1.82) is 0 Å². The molecular weight excluding hydrogens is 210 g/mol. The van der Waals surface area contributed by atoms with E-state index in [9.17, 15) is 0 Å². The van der Waals surface area contributed by atoms with Crippen LogP contribution < -0.4 is 5.32 Å². The molecule has 14 heavy (non-hydrogen) atoms. The zero-order valence-corrected chi connectivity index (χ0v) is 10.2. The van der Waals surface area contributed by atoms with Gasteiger partial charge in [-0.25, -0.2) is 0 Å². The monoisotopic (exact) mass is 229 g/mol. The van der Waals surface area contributed by atoms with Gasteiger partial charge in [0, 0.05) is 35.1 Å². The van der Waals surface area contributed by atoms with Crippen molar-refractivity contribution in [2.24, 2.45) is 11.8 Å². The SMILES string of the molecule is C1CSC(CNC2CC[C@@H]3C[C@H]23)CS1. The van der Waals surface area contributed by atoms with Crippen molar-refractivity contribution in [3.05, 3.63) is 0 Å². The molecule has 0 spiro atoms. The van der Waals surface area contributed by atoms with E-state index in [0.29, 0.717) is 0 Å². The van der Waals surface area contributed by atoms with Crippen LogP contribution in [0.2, 0.25) is 0 Å². The minimum Gasteiger partial charge on any atom is -0.313 e. The molecule has 3 rings (SSSR count). The van der Waals surface area contributed by atoms with Gasteiger partial charge < -0.3 is 5.32 Å². The van der Waals surface area contributed by atoms with Gasteiger partial charge >= 0.3 is 0 Å². The molecule has 0 amide bonds. The largest absolute Gasteiger partial charge is 0.313 e. The van der Waals surface area contributed by atoms with E-state index < -0.39 is 0 Å². The molecule has 0 radical (unpaired) electrons. The Morgan fingerprint density at radius 1 is 1.21 bits per heavy atom. The molecule has 3 fully saturated rings. The first-order chi connectivity index (χ1) is 6.93. The highest BCUT2D eigenvalue weighted by Gasteiger charge is 2.47. The summed E-state index contributed by atoms with van der Waals surface area (Å²) in [4.78, 5) is 0. The fourth-order valence-electron chi connectivity index (χ4n) is 2.89. The minimum absolute atomic E-state index is 0.895. The Morgan fingerprint density at radius 2 is 2.21 bits per heavy atom. The first kappa shape index (κ1) is 9.86. The molecule has 2 aliphatic carbocycles. The van der Waals surface area contributed by atoms with Gasteiger partial charge in [-0.15, -0.1) is 0 Å². The molecule has 2 unspecified atom stereocenters. The second kappa shape index (κ2) is 4.26. The van der Waals surface area contributed by atoms with Crippen molar-refractivity contribution in [2.45, 2.75) is 30.6 Å². The summed E-state index contributed by atoms with van der Waals surface area (Å²) >= 11 is 4.31. The predicted octanol–water partition coefficient (Wildman–Crippen LogP) is 2.22. The summed E-state index contributed by atoms with van der Waals surface area (Å²) in [6.07, 6.45) is 4.50. The van der Waals surface area contributed by atoms with Crippen molar-refractivity contribution in [1.82, 2.24) is 5.32 Å². The van der Waals surface area contributed by atoms with Gasteiger partial charge in [-0.1, -0.05) is 0 Å². The van der Waals surface area contributed by atoms with Gasteiger partial charge in [-0.05, 0) is 31.1 Å². The summed E-state index contributed by atoms with van der Waals surface area (Å²) in [5.74, 6) is 6.32. The topological polar surface area (TPSA) is 12.0 Å². The molecule has 1 N–H and O–H groups in total. The third-order valence-electron chi connectivity index (χ3n) is 3.84. The van der Waals surface area contributed by atoms with E-state index in [-0.39, 0.29) is 0 Å². The highest BCUT2D eigenvalue weighted by Crippen LogP contribution is 2.51. The Hall–Kier alpha value is 0.660. The minimum atomic E-state index is 0.895. The van der Waals surface area contributed by atoms with Gasteiger partial charge in [-0.2, -0.15) is 23.5 Å². The van der Waals surface area contributed by atoms with Crippen LogP contribution in [0.25, 0.3) is 0 Å². The number of hydrogen-bond donors (Lipinski definition) is 1. The molecule has 1 aliphatic heterocycles. The van der Waals surface area contributed by atoms with Crippen LogP contribution >= 0.6 is 23.5 Å². The van der Waals surface area contributed by atoms with Gasteiger partial charge in [-0.3, -0.25) is 0 Å². The van der Waals surface area contributed by atoms with Gasteiger partial charge in [0.2, 0.25) is 0 Å². The first-order valence-corrected chi connectivity index (χ1v) is 8.06. The average Bonchev–Trinajstić information content (AvgIpc) is 2.92. The maximum atomic E-state index is 3.81.